The van der Waals surface area contributed by atoms with Crippen molar-refractivity contribution in [1.82, 2.24) is 0 Å². The Kier molecular flexibility index (Phi) is 3.13. The Hall–Kier alpha value is -1.25. The Balaban J connectivity index is 1.51. The molecule has 1 aromatic carbocycles. The Morgan fingerprint density at radius 1 is 0.952 bits per heavy atom. The van der Waals surface area contributed by atoms with E-state index in [0.29, 0.717) is 17.4 Å². The van der Waals surface area contributed by atoms with Crippen molar-refractivity contribution in [2.75, 3.05) is 0 Å². The minimum absolute atomic E-state index is 0.172. The predicted octanol–water partition coefficient (Wildman–Crippen LogP) is 4.15. The van der Waals surface area contributed by atoms with Crippen LogP contribution in [0.25, 0.3) is 0 Å². The average Bonchev–Trinajstić information content (AvgIpc) is 2.41. The Labute approximate surface area is 123 Å². The molecule has 0 N–H and O–H groups in total. The van der Waals surface area contributed by atoms with Crippen LogP contribution in [-0.4, -0.2) is 5.78 Å². The van der Waals surface area contributed by atoms with E-state index in [1.807, 2.05) is 0 Å². The molecule has 0 amide bonds. The SMILES string of the molecule is O=C(Cc1ccc(F)c(F)c1)C1C2CC3CC(C2)CC1C3. The summed E-state index contributed by atoms with van der Waals surface area (Å²) < 4.78 is 26.2. The van der Waals surface area contributed by atoms with Crippen molar-refractivity contribution in [3.05, 3.63) is 35.4 Å². The maximum absolute atomic E-state index is 13.3. The first kappa shape index (κ1) is 13.4. The number of rotatable bonds is 3. The fraction of sp³-hybridized carbons (Fsp3) is 0.611. The number of halogens is 2. The number of hydrogen-bond acceptors (Lipinski definition) is 1. The summed E-state index contributed by atoms with van der Waals surface area (Å²) in [6.07, 6.45) is 6.46. The van der Waals surface area contributed by atoms with Crippen LogP contribution in [0.3, 0.4) is 0 Å². The van der Waals surface area contributed by atoms with Gasteiger partial charge in [0.1, 0.15) is 5.78 Å². The third-order valence-corrected chi connectivity index (χ3v) is 5.96. The van der Waals surface area contributed by atoms with E-state index in [0.717, 1.165) is 17.9 Å². The second kappa shape index (κ2) is 4.89. The minimum atomic E-state index is -0.856. The summed E-state index contributed by atoms with van der Waals surface area (Å²) in [4.78, 5) is 12.7. The van der Waals surface area contributed by atoms with E-state index in [1.54, 1.807) is 0 Å². The summed E-state index contributed by atoms with van der Waals surface area (Å²) in [5.41, 5.74) is 0.604. The summed E-state index contributed by atoms with van der Waals surface area (Å²) in [5, 5.41) is 0. The van der Waals surface area contributed by atoms with Crippen LogP contribution in [0.4, 0.5) is 8.78 Å². The number of Topliss-reactive ketones (excluding diaryl/α,β-unsaturated/α-hetero) is 1. The molecule has 1 aromatic rings. The highest BCUT2D eigenvalue weighted by molar-refractivity contribution is 5.84. The van der Waals surface area contributed by atoms with Crippen molar-refractivity contribution in [1.29, 1.82) is 0 Å². The quantitative estimate of drug-likeness (QED) is 0.817. The molecule has 0 atom stereocenters. The molecule has 112 valence electrons. The van der Waals surface area contributed by atoms with Crippen LogP contribution in [0.1, 0.15) is 37.7 Å². The fourth-order valence-electron chi connectivity index (χ4n) is 5.42. The smallest absolute Gasteiger partial charge is 0.159 e. The maximum Gasteiger partial charge on any atom is 0.159 e. The van der Waals surface area contributed by atoms with Gasteiger partial charge in [-0.1, -0.05) is 6.07 Å². The highest BCUT2D eigenvalue weighted by Crippen LogP contribution is 2.56. The first-order chi connectivity index (χ1) is 10.1. The van der Waals surface area contributed by atoms with Gasteiger partial charge in [-0.3, -0.25) is 4.79 Å². The lowest BCUT2D eigenvalue weighted by atomic mass is 9.51. The van der Waals surface area contributed by atoms with E-state index >= 15 is 0 Å². The number of carbonyl (C=O) groups excluding carboxylic acids is 1. The van der Waals surface area contributed by atoms with Crippen LogP contribution in [0, 0.1) is 41.2 Å². The van der Waals surface area contributed by atoms with Gasteiger partial charge >= 0.3 is 0 Å². The zero-order valence-corrected chi connectivity index (χ0v) is 12.0. The molecule has 4 saturated carbocycles. The predicted molar refractivity (Wildman–Crippen MR) is 75.6 cm³/mol. The first-order valence-electron chi connectivity index (χ1n) is 8.07. The molecule has 4 fully saturated rings. The zero-order valence-electron chi connectivity index (χ0n) is 12.0. The second-order valence-electron chi connectivity index (χ2n) is 7.35. The molecule has 4 aliphatic rings. The summed E-state index contributed by atoms with van der Waals surface area (Å²) >= 11 is 0. The highest BCUT2D eigenvalue weighted by atomic mass is 19.2. The number of hydrogen-bond donors (Lipinski definition) is 0. The molecule has 3 heteroatoms. The van der Waals surface area contributed by atoms with Crippen molar-refractivity contribution in [2.24, 2.45) is 29.6 Å². The fourth-order valence-corrected chi connectivity index (χ4v) is 5.42. The molecule has 0 unspecified atom stereocenters. The van der Waals surface area contributed by atoms with Crippen LogP contribution in [0.5, 0.6) is 0 Å². The molecule has 5 rings (SSSR count). The third kappa shape index (κ3) is 2.31. The summed E-state index contributed by atoms with van der Waals surface area (Å²) in [6.45, 7) is 0. The van der Waals surface area contributed by atoms with Crippen molar-refractivity contribution >= 4 is 5.78 Å². The summed E-state index contributed by atoms with van der Waals surface area (Å²) in [7, 11) is 0. The van der Waals surface area contributed by atoms with Crippen LogP contribution in [0.2, 0.25) is 0 Å². The van der Waals surface area contributed by atoms with Gasteiger partial charge in [0, 0.05) is 12.3 Å². The summed E-state index contributed by atoms with van der Waals surface area (Å²) in [6, 6.07) is 3.82. The average molecular weight is 290 g/mol. The van der Waals surface area contributed by atoms with Crippen LogP contribution >= 0.6 is 0 Å². The Morgan fingerprint density at radius 2 is 1.57 bits per heavy atom. The number of carbonyl (C=O) groups is 1. The molecule has 4 bridgehead atoms. The number of ketones is 1. The molecule has 0 aliphatic heterocycles. The van der Waals surface area contributed by atoms with Crippen molar-refractivity contribution < 1.29 is 13.6 Å². The molecule has 0 radical (unpaired) electrons. The minimum Gasteiger partial charge on any atom is -0.299 e. The molecule has 21 heavy (non-hydrogen) atoms. The largest absolute Gasteiger partial charge is 0.299 e. The molecule has 4 aliphatic carbocycles. The van der Waals surface area contributed by atoms with Gasteiger partial charge in [-0.2, -0.15) is 0 Å². The van der Waals surface area contributed by atoms with Gasteiger partial charge in [-0.25, -0.2) is 8.78 Å². The highest BCUT2D eigenvalue weighted by Gasteiger charge is 2.50. The van der Waals surface area contributed by atoms with Gasteiger partial charge in [-0.05, 0) is 73.5 Å². The molecular weight excluding hydrogens is 270 g/mol. The third-order valence-electron chi connectivity index (χ3n) is 5.96. The standard InChI is InChI=1S/C18H20F2O/c19-15-2-1-10(8-16(15)20)9-17(21)18-13-4-11-3-12(6-13)7-14(18)5-11/h1-2,8,11-14,18H,3-7,9H2. The van der Waals surface area contributed by atoms with Gasteiger partial charge < -0.3 is 0 Å². The van der Waals surface area contributed by atoms with Gasteiger partial charge in [0.05, 0.1) is 0 Å². The number of benzene rings is 1. The van der Waals surface area contributed by atoms with Crippen LogP contribution < -0.4 is 0 Å². The monoisotopic (exact) mass is 290 g/mol. The van der Waals surface area contributed by atoms with Gasteiger partial charge in [0.15, 0.2) is 11.6 Å². The molecule has 0 spiro atoms. The lowest BCUT2D eigenvalue weighted by molar-refractivity contribution is -0.135. The Morgan fingerprint density at radius 3 is 2.14 bits per heavy atom. The molecule has 0 aromatic heterocycles. The zero-order chi connectivity index (χ0) is 14.6. The maximum atomic E-state index is 13.3. The van der Waals surface area contributed by atoms with E-state index in [4.69, 9.17) is 0 Å². The van der Waals surface area contributed by atoms with Crippen LogP contribution in [0.15, 0.2) is 18.2 Å². The lowest BCUT2D eigenvalue weighted by Crippen LogP contribution is -2.48. The lowest BCUT2D eigenvalue weighted by Gasteiger charge is -2.53. The molecule has 1 nitrogen and oxygen atoms in total. The van der Waals surface area contributed by atoms with E-state index in [-0.39, 0.29) is 18.1 Å². The van der Waals surface area contributed by atoms with E-state index in [9.17, 15) is 13.6 Å². The van der Waals surface area contributed by atoms with E-state index in [2.05, 4.69) is 0 Å². The van der Waals surface area contributed by atoms with E-state index < -0.39 is 11.6 Å². The van der Waals surface area contributed by atoms with Gasteiger partial charge in [0.2, 0.25) is 0 Å². The van der Waals surface area contributed by atoms with Crippen LogP contribution in [-0.2, 0) is 11.2 Å². The first-order valence-corrected chi connectivity index (χ1v) is 8.07. The van der Waals surface area contributed by atoms with Gasteiger partial charge in [-0.15, -0.1) is 0 Å². The van der Waals surface area contributed by atoms with Crippen molar-refractivity contribution in [2.45, 2.75) is 38.5 Å². The molecular formula is C18H20F2O. The van der Waals surface area contributed by atoms with E-state index in [1.165, 1.54) is 44.2 Å². The summed E-state index contributed by atoms with van der Waals surface area (Å²) in [5.74, 6) is 1.52. The topological polar surface area (TPSA) is 17.1 Å². The van der Waals surface area contributed by atoms with Crippen molar-refractivity contribution in [3.63, 3.8) is 0 Å². The molecule has 0 heterocycles. The van der Waals surface area contributed by atoms with Gasteiger partial charge in [0.25, 0.3) is 0 Å². The molecule has 0 saturated heterocycles. The normalized spacial score (nSPS) is 37.0. The Bertz CT molecular complexity index is 553. The second-order valence-corrected chi connectivity index (χ2v) is 7.35. The van der Waals surface area contributed by atoms with Crippen molar-refractivity contribution in [3.8, 4) is 0 Å².